The molecular weight excluding hydrogens is 240 g/mol. The van der Waals surface area contributed by atoms with Crippen LogP contribution in [0.15, 0.2) is 0 Å². The average molecular weight is 272 g/mol. The molecule has 1 heterocycles. The van der Waals surface area contributed by atoms with Crippen molar-refractivity contribution in [3.05, 3.63) is 0 Å². The molecule has 114 valence electrons. The van der Waals surface area contributed by atoms with Gasteiger partial charge in [-0.15, -0.1) is 0 Å². The molecule has 0 N–H and O–H groups in total. The smallest absolute Gasteiger partial charge is 0.158 e. The highest BCUT2D eigenvalue weighted by Crippen LogP contribution is 2.14. The van der Waals surface area contributed by atoms with Gasteiger partial charge in [0.15, 0.2) is 6.29 Å². The first-order valence-corrected chi connectivity index (χ1v) is 7.87. The largest absolute Gasteiger partial charge is 0.353 e. The van der Waals surface area contributed by atoms with Gasteiger partial charge in [0.1, 0.15) is 0 Å². The predicted octanol–water partition coefficient (Wildman–Crippen LogP) is 2.19. The minimum absolute atomic E-state index is 0.0338. The van der Waals surface area contributed by atoms with E-state index >= 15 is 0 Å². The van der Waals surface area contributed by atoms with E-state index in [1.807, 2.05) is 13.8 Å². The lowest BCUT2D eigenvalue weighted by Gasteiger charge is -2.31. The Morgan fingerprint density at radius 2 is 1.79 bits per heavy atom. The Morgan fingerprint density at radius 3 is 2.37 bits per heavy atom. The van der Waals surface area contributed by atoms with Crippen LogP contribution in [0.1, 0.15) is 40.0 Å². The van der Waals surface area contributed by atoms with Gasteiger partial charge in [-0.05, 0) is 46.8 Å². The van der Waals surface area contributed by atoms with Crippen molar-refractivity contribution in [2.45, 2.75) is 52.4 Å². The van der Waals surface area contributed by atoms with E-state index in [-0.39, 0.29) is 6.29 Å². The molecule has 1 saturated heterocycles. The van der Waals surface area contributed by atoms with E-state index < -0.39 is 0 Å². The minimum Gasteiger partial charge on any atom is -0.353 e. The Morgan fingerprint density at radius 1 is 1.11 bits per heavy atom. The minimum atomic E-state index is -0.0338. The number of likely N-dealkylation sites (N-methyl/N-ethyl adjacent to an activating group) is 1. The van der Waals surface area contributed by atoms with Crippen molar-refractivity contribution in [1.29, 1.82) is 0 Å². The third-order valence-electron chi connectivity index (χ3n) is 3.85. The molecule has 1 fully saturated rings. The molecule has 0 aromatic heterocycles. The van der Waals surface area contributed by atoms with Gasteiger partial charge < -0.3 is 14.4 Å². The second-order valence-electron chi connectivity index (χ2n) is 5.34. The molecule has 0 aromatic carbocycles. The van der Waals surface area contributed by atoms with E-state index in [2.05, 4.69) is 23.8 Å². The van der Waals surface area contributed by atoms with E-state index in [0.717, 1.165) is 26.2 Å². The maximum Gasteiger partial charge on any atom is 0.158 e. The van der Waals surface area contributed by atoms with Gasteiger partial charge in [-0.25, -0.2) is 0 Å². The quantitative estimate of drug-likeness (QED) is 0.632. The predicted molar refractivity (Wildman–Crippen MR) is 79.4 cm³/mol. The standard InChI is InChI=1S/C15H32N2O2/c1-5-14-13-16(4)10-8-11-17(14)12-9-15(18-6-2)19-7-3/h14-15H,5-13H2,1-4H3. The summed E-state index contributed by atoms with van der Waals surface area (Å²) in [6.07, 6.45) is 3.43. The number of hydrogen-bond acceptors (Lipinski definition) is 4. The molecule has 19 heavy (non-hydrogen) atoms. The summed E-state index contributed by atoms with van der Waals surface area (Å²) >= 11 is 0. The van der Waals surface area contributed by atoms with Crippen molar-refractivity contribution < 1.29 is 9.47 Å². The highest BCUT2D eigenvalue weighted by Gasteiger charge is 2.22. The first kappa shape index (κ1) is 16.9. The summed E-state index contributed by atoms with van der Waals surface area (Å²) < 4.78 is 11.3. The highest BCUT2D eigenvalue weighted by molar-refractivity contribution is 4.77. The molecule has 1 atom stereocenters. The summed E-state index contributed by atoms with van der Waals surface area (Å²) in [5, 5.41) is 0. The van der Waals surface area contributed by atoms with E-state index in [4.69, 9.17) is 9.47 Å². The van der Waals surface area contributed by atoms with Crippen molar-refractivity contribution in [3.8, 4) is 0 Å². The molecule has 0 aromatic rings. The SMILES string of the molecule is CCOC(CCN1CCCN(C)CC1CC)OCC. The number of hydrogen-bond donors (Lipinski definition) is 0. The molecule has 4 nitrogen and oxygen atoms in total. The van der Waals surface area contributed by atoms with E-state index in [0.29, 0.717) is 6.04 Å². The number of rotatable bonds is 8. The van der Waals surface area contributed by atoms with E-state index in [1.54, 1.807) is 0 Å². The summed E-state index contributed by atoms with van der Waals surface area (Å²) in [5.41, 5.74) is 0. The van der Waals surface area contributed by atoms with Crippen LogP contribution in [0, 0.1) is 0 Å². The Balaban J connectivity index is 2.43. The number of ether oxygens (including phenoxy) is 2. The fourth-order valence-electron chi connectivity index (χ4n) is 2.83. The molecule has 0 aliphatic carbocycles. The van der Waals surface area contributed by atoms with Gasteiger partial charge in [0, 0.05) is 38.8 Å². The summed E-state index contributed by atoms with van der Waals surface area (Å²) in [7, 11) is 2.23. The monoisotopic (exact) mass is 272 g/mol. The van der Waals surface area contributed by atoms with Crippen molar-refractivity contribution in [2.75, 3.05) is 46.4 Å². The van der Waals surface area contributed by atoms with Crippen LogP contribution in [0.5, 0.6) is 0 Å². The lowest BCUT2D eigenvalue weighted by molar-refractivity contribution is -0.142. The molecule has 0 spiro atoms. The van der Waals surface area contributed by atoms with Gasteiger partial charge in [-0.2, -0.15) is 0 Å². The summed E-state index contributed by atoms with van der Waals surface area (Å²) in [4.78, 5) is 5.07. The lowest BCUT2D eigenvalue weighted by Crippen LogP contribution is -2.41. The zero-order valence-corrected chi connectivity index (χ0v) is 13.2. The van der Waals surface area contributed by atoms with Gasteiger partial charge in [-0.3, -0.25) is 4.90 Å². The second-order valence-corrected chi connectivity index (χ2v) is 5.34. The average Bonchev–Trinajstić information content (AvgIpc) is 2.58. The fraction of sp³-hybridized carbons (Fsp3) is 1.00. The van der Waals surface area contributed by atoms with Crippen LogP contribution >= 0.6 is 0 Å². The first-order valence-electron chi connectivity index (χ1n) is 7.87. The normalized spacial score (nSPS) is 22.9. The zero-order chi connectivity index (χ0) is 14.1. The van der Waals surface area contributed by atoms with Crippen molar-refractivity contribution in [2.24, 2.45) is 0 Å². The molecular formula is C15H32N2O2. The van der Waals surface area contributed by atoms with E-state index in [1.165, 1.54) is 32.5 Å². The first-order chi connectivity index (χ1) is 9.21. The van der Waals surface area contributed by atoms with Crippen LogP contribution in [0.2, 0.25) is 0 Å². The molecule has 0 amide bonds. The van der Waals surface area contributed by atoms with Crippen molar-refractivity contribution in [3.63, 3.8) is 0 Å². The van der Waals surface area contributed by atoms with Crippen molar-refractivity contribution >= 4 is 0 Å². The van der Waals surface area contributed by atoms with Crippen LogP contribution in [-0.2, 0) is 9.47 Å². The van der Waals surface area contributed by atoms with Gasteiger partial charge >= 0.3 is 0 Å². The molecule has 0 bridgehead atoms. The van der Waals surface area contributed by atoms with Gasteiger partial charge in [0.25, 0.3) is 0 Å². The summed E-state index contributed by atoms with van der Waals surface area (Å²) in [6.45, 7) is 12.5. The fourth-order valence-corrected chi connectivity index (χ4v) is 2.83. The van der Waals surface area contributed by atoms with Crippen LogP contribution in [0.3, 0.4) is 0 Å². The molecule has 1 aliphatic heterocycles. The number of nitrogens with zero attached hydrogens (tertiary/aromatic N) is 2. The van der Waals surface area contributed by atoms with Crippen LogP contribution in [0.25, 0.3) is 0 Å². The van der Waals surface area contributed by atoms with Crippen LogP contribution < -0.4 is 0 Å². The second kappa shape index (κ2) is 9.70. The summed E-state index contributed by atoms with van der Waals surface area (Å²) in [6, 6.07) is 0.677. The van der Waals surface area contributed by atoms with Gasteiger partial charge in [0.2, 0.25) is 0 Å². The van der Waals surface area contributed by atoms with Crippen molar-refractivity contribution in [1.82, 2.24) is 9.80 Å². The summed E-state index contributed by atoms with van der Waals surface area (Å²) in [5.74, 6) is 0. The molecule has 1 unspecified atom stereocenters. The topological polar surface area (TPSA) is 24.9 Å². The molecule has 1 rings (SSSR count). The molecule has 0 saturated carbocycles. The van der Waals surface area contributed by atoms with E-state index in [9.17, 15) is 0 Å². The third kappa shape index (κ3) is 6.21. The third-order valence-corrected chi connectivity index (χ3v) is 3.85. The molecule has 1 aliphatic rings. The highest BCUT2D eigenvalue weighted by atomic mass is 16.7. The zero-order valence-electron chi connectivity index (χ0n) is 13.2. The Hall–Kier alpha value is -0.160. The maximum absolute atomic E-state index is 5.64. The Bertz CT molecular complexity index is 220. The van der Waals surface area contributed by atoms with Crippen LogP contribution in [-0.4, -0.2) is 68.6 Å². The van der Waals surface area contributed by atoms with Gasteiger partial charge in [0.05, 0.1) is 0 Å². The van der Waals surface area contributed by atoms with Gasteiger partial charge in [-0.1, -0.05) is 6.92 Å². The lowest BCUT2D eigenvalue weighted by atomic mass is 10.1. The maximum atomic E-state index is 5.64. The van der Waals surface area contributed by atoms with Crippen LogP contribution in [0.4, 0.5) is 0 Å². The Labute approximate surface area is 119 Å². The molecule has 4 heteroatoms. The Kier molecular flexibility index (Phi) is 8.62. The molecule has 0 radical (unpaired) electrons.